The molecular weight excluding hydrogens is 212 g/mol. The van der Waals surface area contributed by atoms with Crippen molar-refractivity contribution in [3.63, 3.8) is 0 Å². The third-order valence-corrected chi connectivity index (χ3v) is 2.33. The maximum atomic E-state index is 13.0. The van der Waals surface area contributed by atoms with Gasteiger partial charge in [0.25, 0.3) is 5.92 Å². The van der Waals surface area contributed by atoms with Crippen molar-refractivity contribution in [2.45, 2.75) is 32.4 Å². The number of halogens is 2. The first-order chi connectivity index (χ1) is 6.38. The van der Waals surface area contributed by atoms with Crippen LogP contribution in [0.4, 0.5) is 8.78 Å². The number of hydrogen-bond acceptors (Lipinski definition) is 3. The van der Waals surface area contributed by atoms with E-state index in [1.165, 1.54) is 6.92 Å². The molecule has 1 heterocycles. The third-order valence-electron chi connectivity index (χ3n) is 2.04. The standard InChI is InChI=1S/C7H11F2N3OS/c1-4(7(2,8)9)12-5(3-13)10-11-6(12)14/h4,13H,3H2,1-2H3,(H,11,14). The van der Waals surface area contributed by atoms with Crippen LogP contribution in [0.1, 0.15) is 25.7 Å². The van der Waals surface area contributed by atoms with Crippen LogP contribution in [0.3, 0.4) is 0 Å². The first-order valence-corrected chi connectivity index (χ1v) is 4.43. The van der Waals surface area contributed by atoms with Crippen molar-refractivity contribution in [2.24, 2.45) is 0 Å². The average Bonchev–Trinajstić information content (AvgIpc) is 2.43. The highest BCUT2D eigenvalue weighted by atomic mass is 32.1. The van der Waals surface area contributed by atoms with E-state index in [1.54, 1.807) is 0 Å². The number of aliphatic hydroxyl groups is 1. The maximum absolute atomic E-state index is 13.0. The maximum Gasteiger partial charge on any atom is 0.265 e. The molecule has 1 atom stereocenters. The Hall–Kier alpha value is -0.820. The first-order valence-electron chi connectivity index (χ1n) is 4.02. The molecule has 0 aliphatic heterocycles. The number of hydrogen-bond donors (Lipinski definition) is 2. The van der Waals surface area contributed by atoms with Crippen LogP contribution >= 0.6 is 12.2 Å². The Morgan fingerprint density at radius 3 is 2.71 bits per heavy atom. The van der Waals surface area contributed by atoms with Gasteiger partial charge >= 0.3 is 0 Å². The summed E-state index contributed by atoms with van der Waals surface area (Å²) in [5.74, 6) is -2.80. The number of aromatic nitrogens is 3. The molecule has 4 nitrogen and oxygen atoms in total. The van der Waals surface area contributed by atoms with E-state index in [-0.39, 0.29) is 10.6 Å². The summed E-state index contributed by atoms with van der Waals surface area (Å²) in [5, 5.41) is 14.8. The molecule has 0 amide bonds. The van der Waals surface area contributed by atoms with Crippen molar-refractivity contribution < 1.29 is 13.9 Å². The number of aromatic amines is 1. The predicted octanol–water partition coefficient (Wildman–Crippen LogP) is 1.65. The third kappa shape index (κ3) is 1.98. The van der Waals surface area contributed by atoms with Gasteiger partial charge in [-0.05, 0) is 19.1 Å². The van der Waals surface area contributed by atoms with E-state index in [0.717, 1.165) is 11.5 Å². The highest BCUT2D eigenvalue weighted by Gasteiger charge is 2.33. The monoisotopic (exact) mass is 223 g/mol. The molecule has 0 saturated heterocycles. The molecule has 1 aromatic heterocycles. The highest BCUT2D eigenvalue weighted by Crippen LogP contribution is 2.28. The minimum atomic E-state index is -2.91. The summed E-state index contributed by atoms with van der Waals surface area (Å²) in [6.07, 6.45) is 0. The number of rotatable bonds is 3. The Morgan fingerprint density at radius 1 is 1.71 bits per heavy atom. The van der Waals surface area contributed by atoms with Crippen molar-refractivity contribution in [1.82, 2.24) is 14.8 Å². The minimum absolute atomic E-state index is 0.0862. The Morgan fingerprint density at radius 2 is 2.29 bits per heavy atom. The molecule has 0 saturated carbocycles. The number of nitrogens with zero attached hydrogens (tertiary/aromatic N) is 2. The Bertz CT molecular complexity index is 368. The summed E-state index contributed by atoms with van der Waals surface area (Å²) in [6.45, 7) is 1.70. The van der Waals surface area contributed by atoms with Gasteiger partial charge in [0, 0.05) is 6.92 Å². The lowest BCUT2D eigenvalue weighted by atomic mass is 10.2. The second-order valence-corrected chi connectivity index (χ2v) is 3.49. The quantitative estimate of drug-likeness (QED) is 0.766. The van der Waals surface area contributed by atoms with Crippen LogP contribution in [0.5, 0.6) is 0 Å². The molecular formula is C7H11F2N3OS. The molecule has 2 N–H and O–H groups in total. The molecule has 1 rings (SSSR count). The molecule has 1 unspecified atom stereocenters. The average molecular weight is 223 g/mol. The number of aliphatic hydroxyl groups excluding tert-OH is 1. The van der Waals surface area contributed by atoms with E-state index in [9.17, 15) is 8.78 Å². The van der Waals surface area contributed by atoms with Gasteiger partial charge in [-0.15, -0.1) is 0 Å². The number of alkyl halides is 2. The summed E-state index contributed by atoms with van der Waals surface area (Å²) in [7, 11) is 0. The van der Waals surface area contributed by atoms with Gasteiger partial charge in [-0.3, -0.25) is 9.67 Å². The predicted molar refractivity (Wildman–Crippen MR) is 48.7 cm³/mol. The SMILES string of the molecule is CC(n1c(CO)n[nH]c1=S)C(C)(F)F. The van der Waals surface area contributed by atoms with Crippen molar-refractivity contribution >= 4 is 12.2 Å². The second-order valence-electron chi connectivity index (χ2n) is 3.11. The van der Waals surface area contributed by atoms with Crippen LogP contribution < -0.4 is 0 Å². The summed E-state index contributed by atoms with van der Waals surface area (Å²) >= 11 is 4.78. The van der Waals surface area contributed by atoms with Crippen LogP contribution in [0.15, 0.2) is 0 Å². The van der Waals surface area contributed by atoms with Crippen LogP contribution in [-0.2, 0) is 6.61 Å². The lowest BCUT2D eigenvalue weighted by molar-refractivity contribution is -0.0282. The van der Waals surface area contributed by atoms with E-state index in [2.05, 4.69) is 10.2 Å². The molecule has 80 valence electrons. The zero-order valence-corrected chi connectivity index (χ0v) is 8.61. The molecule has 0 spiro atoms. The molecule has 0 radical (unpaired) electrons. The minimum Gasteiger partial charge on any atom is -0.388 e. The van der Waals surface area contributed by atoms with Crippen molar-refractivity contribution in [3.8, 4) is 0 Å². The lowest BCUT2D eigenvalue weighted by Gasteiger charge is -2.21. The number of H-pyrrole nitrogens is 1. The molecule has 0 aliphatic rings. The van der Waals surface area contributed by atoms with Gasteiger partial charge in [-0.25, -0.2) is 8.78 Å². The van der Waals surface area contributed by atoms with Crippen molar-refractivity contribution in [2.75, 3.05) is 0 Å². The smallest absolute Gasteiger partial charge is 0.265 e. The molecule has 0 bridgehead atoms. The molecule has 0 fully saturated rings. The Kier molecular flexibility index (Phi) is 3.01. The van der Waals surface area contributed by atoms with Crippen LogP contribution in [0.2, 0.25) is 0 Å². The second kappa shape index (κ2) is 3.74. The van der Waals surface area contributed by atoms with Gasteiger partial charge in [0.2, 0.25) is 0 Å². The van der Waals surface area contributed by atoms with Crippen LogP contribution in [0, 0.1) is 4.77 Å². The van der Waals surface area contributed by atoms with Gasteiger partial charge in [0.1, 0.15) is 6.61 Å². The van der Waals surface area contributed by atoms with Gasteiger partial charge in [-0.1, -0.05) is 0 Å². The van der Waals surface area contributed by atoms with Gasteiger partial charge in [0.05, 0.1) is 6.04 Å². The van der Waals surface area contributed by atoms with E-state index in [1.807, 2.05) is 0 Å². The summed E-state index contributed by atoms with van der Waals surface area (Å²) in [6, 6.07) is -1.13. The Balaban J connectivity index is 3.17. The van der Waals surface area contributed by atoms with Crippen molar-refractivity contribution in [3.05, 3.63) is 10.6 Å². The Labute approximate surface area is 84.6 Å². The molecule has 1 aromatic rings. The largest absolute Gasteiger partial charge is 0.388 e. The molecule has 7 heteroatoms. The summed E-state index contributed by atoms with van der Waals surface area (Å²) in [5.41, 5.74) is 0. The summed E-state index contributed by atoms with van der Waals surface area (Å²) in [4.78, 5) is 0. The van der Waals surface area contributed by atoms with Crippen molar-refractivity contribution in [1.29, 1.82) is 0 Å². The first kappa shape index (κ1) is 11.3. The molecule has 0 aliphatic carbocycles. The van der Waals surface area contributed by atoms with E-state index in [4.69, 9.17) is 17.3 Å². The highest BCUT2D eigenvalue weighted by molar-refractivity contribution is 7.71. The topological polar surface area (TPSA) is 53.8 Å². The van der Waals surface area contributed by atoms with Crippen LogP contribution in [0.25, 0.3) is 0 Å². The van der Waals surface area contributed by atoms with E-state index >= 15 is 0 Å². The van der Waals surface area contributed by atoms with Crippen LogP contribution in [-0.4, -0.2) is 25.8 Å². The lowest BCUT2D eigenvalue weighted by Crippen LogP contribution is -2.26. The normalized spacial score (nSPS) is 14.4. The zero-order valence-electron chi connectivity index (χ0n) is 7.79. The van der Waals surface area contributed by atoms with Gasteiger partial charge in [0.15, 0.2) is 10.6 Å². The molecule has 0 aromatic carbocycles. The fourth-order valence-corrected chi connectivity index (χ4v) is 1.38. The fraction of sp³-hybridized carbons (Fsp3) is 0.714. The van der Waals surface area contributed by atoms with Gasteiger partial charge < -0.3 is 5.11 Å². The summed E-state index contributed by atoms with van der Waals surface area (Å²) < 4.78 is 27.2. The molecule has 14 heavy (non-hydrogen) atoms. The van der Waals surface area contributed by atoms with E-state index in [0.29, 0.717) is 0 Å². The zero-order chi connectivity index (χ0) is 10.9. The van der Waals surface area contributed by atoms with E-state index < -0.39 is 18.6 Å². The van der Waals surface area contributed by atoms with Gasteiger partial charge in [-0.2, -0.15) is 5.10 Å². The number of nitrogens with one attached hydrogen (secondary N) is 1. The fourth-order valence-electron chi connectivity index (χ4n) is 1.07.